The summed E-state index contributed by atoms with van der Waals surface area (Å²) in [6.45, 7) is 0.0930. The van der Waals surface area contributed by atoms with Gasteiger partial charge in [0.05, 0.1) is 12.1 Å². The van der Waals surface area contributed by atoms with Crippen LogP contribution in [0.5, 0.6) is 0 Å². The molecule has 0 unspecified atom stereocenters. The third kappa shape index (κ3) is 3.80. The number of hydrogen-bond acceptors (Lipinski definition) is 6. The predicted octanol–water partition coefficient (Wildman–Crippen LogP) is 3.25. The number of nitrogens with zero attached hydrogens (tertiary/aromatic N) is 3. The lowest BCUT2D eigenvalue weighted by molar-refractivity contribution is -0.114. The lowest BCUT2D eigenvalue weighted by Gasteiger charge is -2.09. The van der Waals surface area contributed by atoms with E-state index in [0.29, 0.717) is 11.5 Å². The minimum atomic E-state index is -0.182. The van der Waals surface area contributed by atoms with E-state index in [9.17, 15) is 4.79 Å². The monoisotopic (exact) mass is 335 g/mol. The largest absolute Gasteiger partial charge is 0.360 e. The molecule has 1 heterocycles. The van der Waals surface area contributed by atoms with E-state index in [1.807, 2.05) is 29.7 Å². The molecule has 1 amide bonds. The van der Waals surface area contributed by atoms with Gasteiger partial charge in [-0.1, -0.05) is 12.1 Å². The number of fused-ring (bicyclic) bond motifs is 1. The van der Waals surface area contributed by atoms with Crippen molar-refractivity contribution in [3.8, 4) is 5.40 Å². The summed E-state index contributed by atoms with van der Waals surface area (Å²) in [6, 6.07) is 14.7. The van der Waals surface area contributed by atoms with Gasteiger partial charge in [-0.15, -0.1) is 0 Å². The Labute approximate surface area is 142 Å². The Bertz CT molecular complexity index is 899. The highest BCUT2D eigenvalue weighted by Crippen LogP contribution is 2.20. The molecule has 2 aromatic carbocycles. The Balaban J connectivity index is 1.62. The van der Waals surface area contributed by atoms with Gasteiger partial charge in [-0.05, 0) is 48.2 Å². The molecule has 0 aliphatic rings. The Morgan fingerprint density at radius 1 is 1.12 bits per heavy atom. The molecule has 6 nitrogen and oxygen atoms in total. The standard InChI is InChI=1S/C17H13N5OS/c18-10-24-13-7-5-12(6-8-13)22-16(23)9-19-17-14-3-1-2-4-15(14)20-11-21-17/h1-8,11H,9H2,(H,22,23)(H,19,20,21). The molecule has 2 N–H and O–H groups in total. The summed E-state index contributed by atoms with van der Waals surface area (Å²) in [6.07, 6.45) is 1.47. The molecular formula is C17H13N5OS. The number of anilines is 2. The van der Waals surface area contributed by atoms with Crippen molar-refractivity contribution in [1.29, 1.82) is 5.26 Å². The van der Waals surface area contributed by atoms with Gasteiger partial charge in [0.15, 0.2) is 0 Å². The maximum absolute atomic E-state index is 12.1. The summed E-state index contributed by atoms with van der Waals surface area (Å²) in [5, 5.41) is 17.3. The number of para-hydroxylation sites is 1. The van der Waals surface area contributed by atoms with Gasteiger partial charge in [0, 0.05) is 16.0 Å². The van der Waals surface area contributed by atoms with Gasteiger partial charge in [0.1, 0.15) is 17.5 Å². The van der Waals surface area contributed by atoms with Crippen molar-refractivity contribution in [2.45, 2.75) is 4.90 Å². The van der Waals surface area contributed by atoms with Gasteiger partial charge < -0.3 is 10.6 Å². The predicted molar refractivity (Wildman–Crippen MR) is 94.6 cm³/mol. The van der Waals surface area contributed by atoms with E-state index in [2.05, 4.69) is 20.6 Å². The zero-order chi connectivity index (χ0) is 16.8. The minimum Gasteiger partial charge on any atom is -0.360 e. The van der Waals surface area contributed by atoms with Crippen molar-refractivity contribution in [1.82, 2.24) is 9.97 Å². The number of thiocyanates is 1. The summed E-state index contributed by atoms with van der Waals surface area (Å²) in [5.41, 5.74) is 1.50. The zero-order valence-electron chi connectivity index (χ0n) is 12.6. The van der Waals surface area contributed by atoms with Gasteiger partial charge in [0.2, 0.25) is 5.91 Å². The number of hydrogen-bond donors (Lipinski definition) is 2. The van der Waals surface area contributed by atoms with Crippen molar-refractivity contribution in [2.75, 3.05) is 17.2 Å². The molecular weight excluding hydrogens is 322 g/mol. The molecule has 0 aliphatic heterocycles. The van der Waals surface area contributed by atoms with Crippen molar-refractivity contribution in [3.05, 3.63) is 54.9 Å². The smallest absolute Gasteiger partial charge is 0.243 e. The molecule has 0 fully saturated rings. The molecule has 0 bridgehead atoms. The number of aromatic nitrogens is 2. The van der Waals surface area contributed by atoms with Crippen LogP contribution in [0.3, 0.4) is 0 Å². The molecule has 0 radical (unpaired) electrons. The number of amides is 1. The van der Waals surface area contributed by atoms with Crippen LogP contribution in [0, 0.1) is 10.7 Å². The van der Waals surface area contributed by atoms with E-state index in [1.165, 1.54) is 6.33 Å². The highest BCUT2D eigenvalue weighted by atomic mass is 32.2. The average molecular weight is 335 g/mol. The molecule has 1 aromatic heterocycles. The fourth-order valence-corrected chi connectivity index (χ4v) is 2.55. The summed E-state index contributed by atoms with van der Waals surface area (Å²) >= 11 is 1.08. The van der Waals surface area contributed by atoms with Gasteiger partial charge in [-0.3, -0.25) is 4.79 Å². The Hall–Kier alpha value is -3.11. The first kappa shape index (κ1) is 15.8. The maximum Gasteiger partial charge on any atom is 0.243 e. The van der Waals surface area contributed by atoms with E-state index >= 15 is 0 Å². The van der Waals surface area contributed by atoms with Crippen LogP contribution in [0.15, 0.2) is 59.8 Å². The summed E-state index contributed by atoms with van der Waals surface area (Å²) < 4.78 is 0. The molecule has 0 saturated heterocycles. The van der Waals surface area contributed by atoms with Gasteiger partial charge in [-0.2, -0.15) is 5.26 Å². The first-order valence-corrected chi connectivity index (χ1v) is 7.97. The second-order valence-corrected chi connectivity index (χ2v) is 5.72. The Morgan fingerprint density at radius 3 is 2.71 bits per heavy atom. The first-order valence-electron chi connectivity index (χ1n) is 7.16. The molecule has 0 spiro atoms. The number of carbonyl (C=O) groups is 1. The summed E-state index contributed by atoms with van der Waals surface area (Å²) in [7, 11) is 0. The van der Waals surface area contributed by atoms with E-state index in [1.54, 1.807) is 24.3 Å². The molecule has 3 rings (SSSR count). The van der Waals surface area contributed by atoms with Crippen LogP contribution in [0.1, 0.15) is 0 Å². The molecule has 0 atom stereocenters. The lowest BCUT2D eigenvalue weighted by atomic mass is 10.2. The fraction of sp³-hybridized carbons (Fsp3) is 0.0588. The lowest BCUT2D eigenvalue weighted by Crippen LogP contribution is -2.22. The second kappa shape index (κ2) is 7.44. The maximum atomic E-state index is 12.1. The number of benzene rings is 2. The minimum absolute atomic E-state index is 0.0930. The molecule has 0 saturated carbocycles. The van der Waals surface area contributed by atoms with Crippen LogP contribution >= 0.6 is 11.8 Å². The van der Waals surface area contributed by atoms with Crippen LogP contribution in [0.25, 0.3) is 10.9 Å². The first-order chi connectivity index (χ1) is 11.8. The quantitative estimate of drug-likeness (QED) is 0.549. The number of thioether (sulfide) groups is 1. The fourth-order valence-electron chi connectivity index (χ4n) is 2.17. The topological polar surface area (TPSA) is 90.7 Å². The number of nitrogens with one attached hydrogen (secondary N) is 2. The van der Waals surface area contributed by atoms with Gasteiger partial charge in [0.25, 0.3) is 0 Å². The number of rotatable bonds is 5. The number of nitriles is 1. The highest BCUT2D eigenvalue weighted by molar-refractivity contribution is 8.03. The highest BCUT2D eigenvalue weighted by Gasteiger charge is 2.06. The third-order valence-electron chi connectivity index (χ3n) is 3.26. The van der Waals surface area contributed by atoms with Crippen molar-refractivity contribution >= 4 is 40.1 Å². The zero-order valence-corrected chi connectivity index (χ0v) is 13.4. The van der Waals surface area contributed by atoms with Crippen LogP contribution in [-0.2, 0) is 4.79 Å². The molecule has 3 aromatic rings. The van der Waals surface area contributed by atoms with Crippen molar-refractivity contribution in [3.63, 3.8) is 0 Å². The second-order valence-electron chi connectivity index (χ2n) is 4.86. The van der Waals surface area contributed by atoms with E-state index in [0.717, 1.165) is 27.6 Å². The molecule has 24 heavy (non-hydrogen) atoms. The van der Waals surface area contributed by atoms with Crippen molar-refractivity contribution in [2.24, 2.45) is 0 Å². The van der Waals surface area contributed by atoms with E-state index < -0.39 is 0 Å². The summed E-state index contributed by atoms with van der Waals surface area (Å²) in [5.74, 6) is 0.440. The molecule has 7 heteroatoms. The normalized spacial score (nSPS) is 10.1. The Kier molecular flexibility index (Phi) is 4.89. The van der Waals surface area contributed by atoms with Gasteiger partial charge in [-0.25, -0.2) is 9.97 Å². The van der Waals surface area contributed by atoms with Gasteiger partial charge >= 0.3 is 0 Å². The average Bonchev–Trinajstić information content (AvgIpc) is 2.62. The number of carbonyl (C=O) groups excluding carboxylic acids is 1. The van der Waals surface area contributed by atoms with E-state index in [-0.39, 0.29) is 12.5 Å². The van der Waals surface area contributed by atoms with Crippen molar-refractivity contribution < 1.29 is 4.79 Å². The third-order valence-corrected chi connectivity index (χ3v) is 3.86. The van der Waals surface area contributed by atoms with Crippen LogP contribution < -0.4 is 10.6 Å². The Morgan fingerprint density at radius 2 is 1.92 bits per heavy atom. The molecule has 118 valence electrons. The van der Waals surface area contributed by atoms with E-state index in [4.69, 9.17) is 5.26 Å². The van der Waals surface area contributed by atoms with Crippen LogP contribution in [0.4, 0.5) is 11.5 Å². The molecule has 0 aliphatic carbocycles. The SMILES string of the molecule is N#CSc1ccc(NC(=O)CNc2ncnc3ccccc23)cc1. The van der Waals surface area contributed by atoms with Crippen LogP contribution in [0.2, 0.25) is 0 Å². The summed E-state index contributed by atoms with van der Waals surface area (Å²) in [4.78, 5) is 21.3. The van der Waals surface area contributed by atoms with Crippen LogP contribution in [-0.4, -0.2) is 22.4 Å².